The second-order valence-corrected chi connectivity index (χ2v) is 3.98. The third-order valence-electron chi connectivity index (χ3n) is 2.40. The number of benzene rings is 1. The average molecular weight is 258 g/mol. The van der Waals surface area contributed by atoms with E-state index >= 15 is 0 Å². The largest absolute Gasteiger partial charge is 0.435 e. The first-order valence-corrected chi connectivity index (χ1v) is 5.70. The molecule has 5 heteroatoms. The lowest BCUT2D eigenvalue weighted by atomic mass is 10.2. The Labute approximate surface area is 108 Å². The van der Waals surface area contributed by atoms with Crippen molar-refractivity contribution in [2.45, 2.75) is 0 Å². The van der Waals surface area contributed by atoms with E-state index in [0.29, 0.717) is 5.75 Å². The molecule has 18 heavy (non-hydrogen) atoms. The van der Waals surface area contributed by atoms with Crippen LogP contribution in [0.1, 0.15) is 0 Å². The van der Waals surface area contributed by atoms with Crippen LogP contribution in [-0.2, 0) is 0 Å². The third kappa shape index (κ3) is 2.10. The van der Waals surface area contributed by atoms with E-state index in [1.165, 1.54) is 12.4 Å². The zero-order chi connectivity index (χ0) is 12.4. The molecule has 2 heterocycles. The highest BCUT2D eigenvalue weighted by atomic mass is 35.5. The molecule has 0 fully saturated rings. The van der Waals surface area contributed by atoms with E-state index < -0.39 is 0 Å². The fourth-order valence-corrected chi connectivity index (χ4v) is 1.74. The predicted octanol–water partition coefficient (Wildman–Crippen LogP) is 3.47. The molecule has 0 amide bonds. The van der Waals surface area contributed by atoms with Gasteiger partial charge in [0, 0.05) is 17.8 Å². The van der Waals surface area contributed by atoms with Crippen molar-refractivity contribution >= 4 is 22.5 Å². The smallest absolute Gasteiger partial charge is 0.257 e. The fourth-order valence-electron chi connectivity index (χ4n) is 1.60. The van der Waals surface area contributed by atoms with Gasteiger partial charge in [0.2, 0.25) is 0 Å². The molecule has 0 saturated carbocycles. The summed E-state index contributed by atoms with van der Waals surface area (Å²) in [6.45, 7) is 0. The molecule has 0 aliphatic heterocycles. The van der Waals surface area contributed by atoms with E-state index in [1.54, 1.807) is 6.20 Å². The number of ether oxygens (including phenoxy) is 1. The minimum atomic E-state index is 0.227. The number of hydrogen-bond acceptors (Lipinski definition) is 4. The van der Waals surface area contributed by atoms with Crippen molar-refractivity contribution in [2.24, 2.45) is 0 Å². The zero-order valence-corrected chi connectivity index (χ0v) is 10.0. The van der Waals surface area contributed by atoms with Gasteiger partial charge in [-0.05, 0) is 12.1 Å². The standard InChI is InChI=1S/C13H8ClN3O/c14-12-13(16-6-5-15-12)18-10-7-9-3-1-2-4-11(9)17-8-10/h1-8H. The van der Waals surface area contributed by atoms with Gasteiger partial charge >= 0.3 is 0 Å². The van der Waals surface area contributed by atoms with Crippen LogP contribution in [0.5, 0.6) is 11.6 Å². The first-order chi connectivity index (χ1) is 8.83. The van der Waals surface area contributed by atoms with E-state index in [2.05, 4.69) is 15.0 Å². The van der Waals surface area contributed by atoms with Crippen molar-refractivity contribution < 1.29 is 4.74 Å². The molecule has 0 atom stereocenters. The van der Waals surface area contributed by atoms with E-state index in [4.69, 9.17) is 16.3 Å². The quantitative estimate of drug-likeness (QED) is 0.705. The van der Waals surface area contributed by atoms with Gasteiger partial charge in [-0.15, -0.1) is 0 Å². The van der Waals surface area contributed by atoms with E-state index in [1.807, 2.05) is 30.3 Å². The van der Waals surface area contributed by atoms with Crippen LogP contribution in [0.3, 0.4) is 0 Å². The van der Waals surface area contributed by atoms with Gasteiger partial charge < -0.3 is 4.74 Å². The van der Waals surface area contributed by atoms with Crippen LogP contribution in [0.2, 0.25) is 5.15 Å². The highest BCUT2D eigenvalue weighted by Crippen LogP contribution is 2.26. The lowest BCUT2D eigenvalue weighted by Crippen LogP contribution is -1.91. The molecule has 0 aliphatic rings. The Morgan fingerprint density at radius 3 is 2.72 bits per heavy atom. The summed E-state index contributed by atoms with van der Waals surface area (Å²) >= 11 is 5.87. The molecule has 0 radical (unpaired) electrons. The summed E-state index contributed by atoms with van der Waals surface area (Å²) in [4.78, 5) is 12.2. The first kappa shape index (κ1) is 10.9. The molecule has 1 aromatic carbocycles. The van der Waals surface area contributed by atoms with Crippen molar-refractivity contribution in [1.82, 2.24) is 15.0 Å². The fraction of sp³-hybridized carbons (Fsp3) is 0. The summed E-state index contributed by atoms with van der Waals surface area (Å²) in [7, 11) is 0. The minimum Gasteiger partial charge on any atom is -0.435 e. The zero-order valence-electron chi connectivity index (χ0n) is 9.25. The number of fused-ring (bicyclic) bond motifs is 1. The van der Waals surface area contributed by atoms with Gasteiger partial charge in [-0.2, -0.15) is 0 Å². The Kier molecular flexibility index (Phi) is 2.78. The van der Waals surface area contributed by atoms with Crippen molar-refractivity contribution in [3.05, 3.63) is 54.1 Å². The number of aromatic nitrogens is 3. The monoisotopic (exact) mass is 257 g/mol. The highest BCUT2D eigenvalue weighted by molar-refractivity contribution is 6.30. The predicted molar refractivity (Wildman–Crippen MR) is 68.9 cm³/mol. The number of hydrogen-bond donors (Lipinski definition) is 0. The van der Waals surface area contributed by atoms with Crippen LogP contribution in [-0.4, -0.2) is 15.0 Å². The van der Waals surface area contributed by atoms with E-state index in [9.17, 15) is 0 Å². The lowest BCUT2D eigenvalue weighted by Gasteiger charge is -2.05. The molecular formula is C13H8ClN3O. The molecule has 3 rings (SSSR count). The number of pyridine rings is 1. The minimum absolute atomic E-state index is 0.227. The maximum Gasteiger partial charge on any atom is 0.257 e. The Hall–Kier alpha value is -2.20. The molecule has 0 N–H and O–H groups in total. The van der Waals surface area contributed by atoms with Crippen LogP contribution < -0.4 is 4.74 Å². The Bertz CT molecular complexity index is 702. The summed E-state index contributed by atoms with van der Waals surface area (Å²) < 4.78 is 5.55. The first-order valence-electron chi connectivity index (χ1n) is 5.32. The van der Waals surface area contributed by atoms with Crippen LogP contribution in [0.15, 0.2) is 48.9 Å². The Morgan fingerprint density at radius 1 is 1.00 bits per heavy atom. The molecule has 0 bridgehead atoms. The molecular weight excluding hydrogens is 250 g/mol. The lowest BCUT2D eigenvalue weighted by molar-refractivity contribution is 0.459. The van der Waals surface area contributed by atoms with E-state index in [-0.39, 0.29) is 11.0 Å². The van der Waals surface area contributed by atoms with Crippen LogP contribution in [0, 0.1) is 0 Å². The molecule has 0 unspecified atom stereocenters. The summed E-state index contributed by atoms with van der Waals surface area (Å²) in [6.07, 6.45) is 4.66. The number of halogens is 1. The van der Waals surface area contributed by atoms with E-state index in [0.717, 1.165) is 10.9 Å². The van der Waals surface area contributed by atoms with Crippen molar-refractivity contribution in [1.29, 1.82) is 0 Å². The van der Waals surface area contributed by atoms with Crippen LogP contribution in [0.25, 0.3) is 10.9 Å². The third-order valence-corrected chi connectivity index (χ3v) is 2.66. The van der Waals surface area contributed by atoms with Gasteiger partial charge in [0.1, 0.15) is 5.75 Å². The molecule has 2 aromatic heterocycles. The number of para-hydroxylation sites is 1. The molecule has 0 spiro atoms. The molecule has 4 nitrogen and oxygen atoms in total. The highest BCUT2D eigenvalue weighted by Gasteiger charge is 2.05. The van der Waals surface area contributed by atoms with Gasteiger partial charge in [-0.3, -0.25) is 4.98 Å². The maximum atomic E-state index is 5.87. The van der Waals surface area contributed by atoms with Crippen molar-refractivity contribution in [3.63, 3.8) is 0 Å². The van der Waals surface area contributed by atoms with Crippen molar-refractivity contribution in [3.8, 4) is 11.6 Å². The van der Waals surface area contributed by atoms with Crippen molar-refractivity contribution in [2.75, 3.05) is 0 Å². The van der Waals surface area contributed by atoms with Crippen LogP contribution >= 0.6 is 11.6 Å². The van der Waals surface area contributed by atoms with Crippen LogP contribution in [0.4, 0.5) is 0 Å². The average Bonchev–Trinajstić information content (AvgIpc) is 2.41. The maximum absolute atomic E-state index is 5.87. The normalized spacial score (nSPS) is 10.5. The topological polar surface area (TPSA) is 47.9 Å². The summed E-state index contributed by atoms with van der Waals surface area (Å²) in [5.74, 6) is 0.854. The molecule has 0 aliphatic carbocycles. The van der Waals surface area contributed by atoms with Gasteiger partial charge in [0.25, 0.3) is 5.88 Å². The molecule has 0 saturated heterocycles. The summed E-state index contributed by atoms with van der Waals surface area (Å²) in [5, 5.41) is 1.22. The summed E-state index contributed by atoms with van der Waals surface area (Å²) in [5.41, 5.74) is 0.912. The van der Waals surface area contributed by atoms with Gasteiger partial charge in [0.05, 0.1) is 11.7 Å². The number of rotatable bonds is 2. The second kappa shape index (κ2) is 4.58. The van der Waals surface area contributed by atoms with Gasteiger partial charge in [-0.25, -0.2) is 9.97 Å². The Morgan fingerprint density at radius 2 is 1.83 bits per heavy atom. The number of nitrogens with zero attached hydrogens (tertiary/aromatic N) is 3. The Balaban J connectivity index is 1.98. The van der Waals surface area contributed by atoms with Gasteiger partial charge in [-0.1, -0.05) is 29.8 Å². The SMILES string of the molecule is Clc1nccnc1Oc1cnc2ccccc2c1. The molecule has 3 aromatic rings. The van der Waals surface area contributed by atoms with Gasteiger partial charge in [0.15, 0.2) is 5.15 Å². The molecule has 88 valence electrons. The summed E-state index contributed by atoms with van der Waals surface area (Å²) in [6, 6.07) is 9.67. The second-order valence-electron chi connectivity index (χ2n) is 3.62.